The molecule has 5 N–H and O–H groups in total. The molecule has 0 spiro atoms. The van der Waals surface area contributed by atoms with Crippen molar-refractivity contribution in [1.82, 2.24) is 21.5 Å². The van der Waals surface area contributed by atoms with Gasteiger partial charge in [0.25, 0.3) is 0 Å². The Balaban J connectivity index is 1.71. The first-order chi connectivity index (χ1) is 10.8. The first-order valence-corrected chi connectivity index (χ1v) is 8.49. The molecule has 0 aliphatic carbocycles. The summed E-state index contributed by atoms with van der Waals surface area (Å²) in [5.41, 5.74) is 8.19. The maximum Gasteiger partial charge on any atom is 0.0748 e. The minimum absolute atomic E-state index is 0.229. The second-order valence-electron chi connectivity index (χ2n) is 6.15. The van der Waals surface area contributed by atoms with Gasteiger partial charge in [-0.2, -0.15) is 0 Å². The number of fused-ring (bicyclic) bond motifs is 1. The minimum Gasteiger partial charge on any atom is -0.396 e. The molecule has 3 rings (SSSR count). The molecule has 6 heteroatoms. The van der Waals surface area contributed by atoms with E-state index >= 15 is 0 Å². The number of halogens is 1. The Hall–Kier alpha value is -0.690. The Morgan fingerprint density at radius 2 is 2.00 bits per heavy atom. The monoisotopic (exact) mass is 324 g/mol. The lowest BCUT2D eigenvalue weighted by atomic mass is 9.75. The van der Waals surface area contributed by atoms with Gasteiger partial charge < -0.3 is 15.7 Å². The quantitative estimate of drug-likeness (QED) is 0.523. The highest BCUT2D eigenvalue weighted by atomic mass is 35.5. The molecule has 2 aliphatic heterocycles. The van der Waals surface area contributed by atoms with E-state index in [9.17, 15) is 0 Å². The number of hydrogen-bond acceptors (Lipinski definition) is 5. The zero-order valence-electron chi connectivity index (χ0n) is 12.7. The SMILES string of the molecule is OCCCNC1NNC(c2ccc(Cl)cc2)C2CCNCC12. The van der Waals surface area contributed by atoms with Crippen LogP contribution in [0.2, 0.25) is 5.02 Å². The standard InChI is InChI=1S/C16H25ClN4O/c17-12-4-2-11(3-5-12)15-13-6-8-18-10-14(13)16(21-20-15)19-7-1-9-22/h2-5,13-16,18-22H,1,6-10H2. The van der Waals surface area contributed by atoms with E-state index < -0.39 is 0 Å². The summed E-state index contributed by atoms with van der Waals surface area (Å²) in [6.45, 7) is 3.13. The lowest BCUT2D eigenvalue weighted by Crippen LogP contribution is -2.65. The number of aliphatic hydroxyl groups excluding tert-OH is 1. The second-order valence-corrected chi connectivity index (χ2v) is 6.58. The molecule has 1 aromatic rings. The average Bonchev–Trinajstić information content (AvgIpc) is 2.56. The number of hydrogen-bond donors (Lipinski definition) is 5. The highest BCUT2D eigenvalue weighted by molar-refractivity contribution is 6.30. The number of rotatable bonds is 5. The average molecular weight is 325 g/mol. The zero-order valence-corrected chi connectivity index (χ0v) is 13.4. The Labute approximate surface area is 136 Å². The summed E-state index contributed by atoms with van der Waals surface area (Å²) in [6.07, 6.45) is 2.17. The number of piperidine rings is 1. The van der Waals surface area contributed by atoms with E-state index in [0.717, 1.165) is 37.5 Å². The fourth-order valence-electron chi connectivity index (χ4n) is 3.62. The van der Waals surface area contributed by atoms with Crippen LogP contribution in [0.4, 0.5) is 0 Å². The summed E-state index contributed by atoms with van der Waals surface area (Å²) in [4.78, 5) is 0. The van der Waals surface area contributed by atoms with Crippen LogP contribution >= 0.6 is 11.6 Å². The number of nitrogens with one attached hydrogen (secondary N) is 4. The van der Waals surface area contributed by atoms with Crippen LogP contribution in [-0.2, 0) is 0 Å². The Morgan fingerprint density at radius 3 is 2.77 bits per heavy atom. The third-order valence-electron chi connectivity index (χ3n) is 4.76. The van der Waals surface area contributed by atoms with Gasteiger partial charge in [-0.15, -0.1) is 0 Å². The molecule has 0 amide bonds. The molecule has 5 nitrogen and oxygen atoms in total. The molecule has 0 bridgehead atoms. The van der Waals surface area contributed by atoms with Gasteiger partial charge in [-0.05, 0) is 49.5 Å². The van der Waals surface area contributed by atoms with Crippen LogP contribution in [0.3, 0.4) is 0 Å². The van der Waals surface area contributed by atoms with Gasteiger partial charge in [-0.1, -0.05) is 23.7 Å². The number of aliphatic hydroxyl groups is 1. The van der Waals surface area contributed by atoms with Gasteiger partial charge in [-0.25, -0.2) is 10.9 Å². The van der Waals surface area contributed by atoms with Crippen LogP contribution < -0.4 is 21.5 Å². The molecule has 2 fully saturated rings. The van der Waals surface area contributed by atoms with Gasteiger partial charge in [0, 0.05) is 30.1 Å². The zero-order chi connectivity index (χ0) is 15.4. The van der Waals surface area contributed by atoms with E-state index in [2.05, 4.69) is 33.6 Å². The van der Waals surface area contributed by atoms with Gasteiger partial charge in [0.2, 0.25) is 0 Å². The van der Waals surface area contributed by atoms with Crippen LogP contribution in [0.25, 0.3) is 0 Å². The maximum atomic E-state index is 8.94. The lowest BCUT2D eigenvalue weighted by Gasteiger charge is -2.47. The smallest absolute Gasteiger partial charge is 0.0748 e. The highest BCUT2D eigenvalue weighted by Crippen LogP contribution is 2.36. The number of benzene rings is 1. The first kappa shape index (κ1) is 16.2. The van der Waals surface area contributed by atoms with Crippen molar-refractivity contribution in [2.45, 2.75) is 25.0 Å². The van der Waals surface area contributed by atoms with Gasteiger partial charge in [0.15, 0.2) is 0 Å². The topological polar surface area (TPSA) is 68.3 Å². The molecular formula is C16H25ClN4O. The van der Waals surface area contributed by atoms with E-state index in [4.69, 9.17) is 16.7 Å². The summed E-state index contributed by atoms with van der Waals surface area (Å²) >= 11 is 6.01. The summed E-state index contributed by atoms with van der Waals surface area (Å²) in [7, 11) is 0. The second kappa shape index (κ2) is 7.73. The largest absolute Gasteiger partial charge is 0.396 e. The fourth-order valence-corrected chi connectivity index (χ4v) is 3.74. The van der Waals surface area contributed by atoms with Crippen LogP contribution in [0, 0.1) is 11.8 Å². The van der Waals surface area contributed by atoms with Crippen molar-refractivity contribution in [1.29, 1.82) is 0 Å². The molecule has 2 heterocycles. The molecule has 0 saturated carbocycles. The maximum absolute atomic E-state index is 8.94. The Kier molecular flexibility index (Phi) is 5.68. The summed E-state index contributed by atoms with van der Waals surface area (Å²) < 4.78 is 0. The van der Waals surface area contributed by atoms with E-state index in [1.165, 1.54) is 5.56 Å². The molecule has 4 unspecified atom stereocenters. The summed E-state index contributed by atoms with van der Waals surface area (Å²) in [6, 6.07) is 8.45. The molecule has 122 valence electrons. The van der Waals surface area contributed by atoms with Crippen LogP contribution in [0.5, 0.6) is 0 Å². The summed E-state index contributed by atoms with van der Waals surface area (Å²) in [5.74, 6) is 1.10. The molecule has 2 aliphatic rings. The predicted molar refractivity (Wildman–Crippen MR) is 88.4 cm³/mol. The van der Waals surface area contributed by atoms with Crippen molar-refractivity contribution in [2.75, 3.05) is 26.2 Å². The van der Waals surface area contributed by atoms with E-state index in [0.29, 0.717) is 17.9 Å². The highest BCUT2D eigenvalue weighted by Gasteiger charge is 2.40. The van der Waals surface area contributed by atoms with Gasteiger partial charge in [0.05, 0.1) is 6.17 Å². The Morgan fingerprint density at radius 1 is 1.18 bits per heavy atom. The van der Waals surface area contributed by atoms with Crippen LogP contribution in [-0.4, -0.2) is 37.5 Å². The predicted octanol–water partition coefficient (Wildman–Crippen LogP) is 1.01. The molecule has 4 atom stereocenters. The normalized spacial score (nSPS) is 31.7. The third-order valence-corrected chi connectivity index (χ3v) is 5.02. The Bertz CT molecular complexity index is 470. The van der Waals surface area contributed by atoms with Crippen molar-refractivity contribution >= 4 is 11.6 Å². The molecule has 1 aromatic carbocycles. The van der Waals surface area contributed by atoms with Crippen molar-refractivity contribution in [2.24, 2.45) is 11.8 Å². The summed E-state index contributed by atoms with van der Waals surface area (Å²) in [5, 5.41) is 16.7. The van der Waals surface area contributed by atoms with E-state index in [-0.39, 0.29) is 12.8 Å². The van der Waals surface area contributed by atoms with Crippen molar-refractivity contribution in [3.8, 4) is 0 Å². The number of hydrazine groups is 1. The third kappa shape index (κ3) is 3.62. The molecular weight excluding hydrogens is 300 g/mol. The minimum atomic E-state index is 0.229. The van der Waals surface area contributed by atoms with Crippen molar-refractivity contribution < 1.29 is 5.11 Å². The van der Waals surface area contributed by atoms with E-state index in [1.54, 1.807) is 0 Å². The molecule has 0 aromatic heterocycles. The van der Waals surface area contributed by atoms with Crippen molar-refractivity contribution in [3.63, 3.8) is 0 Å². The molecule has 0 radical (unpaired) electrons. The lowest BCUT2D eigenvalue weighted by molar-refractivity contribution is 0.0660. The van der Waals surface area contributed by atoms with Gasteiger partial charge in [0.1, 0.15) is 0 Å². The van der Waals surface area contributed by atoms with Gasteiger partial charge in [-0.3, -0.25) is 0 Å². The van der Waals surface area contributed by atoms with E-state index in [1.807, 2.05) is 12.1 Å². The first-order valence-electron chi connectivity index (χ1n) is 8.11. The molecule has 22 heavy (non-hydrogen) atoms. The van der Waals surface area contributed by atoms with Gasteiger partial charge >= 0.3 is 0 Å². The molecule has 2 saturated heterocycles. The van der Waals surface area contributed by atoms with Crippen LogP contribution in [0.1, 0.15) is 24.4 Å². The van der Waals surface area contributed by atoms with Crippen molar-refractivity contribution in [3.05, 3.63) is 34.9 Å². The fraction of sp³-hybridized carbons (Fsp3) is 0.625. The van der Waals surface area contributed by atoms with Crippen LogP contribution in [0.15, 0.2) is 24.3 Å².